The summed E-state index contributed by atoms with van der Waals surface area (Å²) in [5.41, 5.74) is 3.59. The number of para-hydroxylation sites is 1. The Bertz CT molecular complexity index is 855. The number of hydrogen-bond donors (Lipinski definition) is 1. The Hall–Kier alpha value is -2.75. The quantitative estimate of drug-likeness (QED) is 0.658. The van der Waals surface area contributed by atoms with Crippen molar-refractivity contribution in [2.24, 2.45) is 0 Å². The molecule has 0 aliphatic heterocycles. The van der Waals surface area contributed by atoms with Crippen LogP contribution in [0.5, 0.6) is 0 Å². The Morgan fingerprint density at radius 3 is 2.62 bits per heavy atom. The largest absolute Gasteiger partial charge is 0.445 e. The zero-order valence-corrected chi connectivity index (χ0v) is 15.4. The molecule has 3 rings (SSSR count). The van der Waals surface area contributed by atoms with Gasteiger partial charge in [0.1, 0.15) is 6.61 Å². The standard InChI is InChI=1S/C22H26N2O2/c1-3-24-15-19(20-11-7-8-12-21(20)24)14-13-17(2)23-22(25)26-16-18-9-5-4-6-10-18/h4-12,15,17H,3,13-14,16H2,1-2H3,(H,23,25)/t17-/m1/s1. The van der Waals surface area contributed by atoms with Crippen LogP contribution in [0.25, 0.3) is 10.9 Å². The number of nitrogens with zero attached hydrogens (tertiary/aromatic N) is 1. The van der Waals surface area contributed by atoms with E-state index in [0.29, 0.717) is 6.61 Å². The van der Waals surface area contributed by atoms with E-state index >= 15 is 0 Å². The molecular formula is C22H26N2O2. The van der Waals surface area contributed by atoms with Gasteiger partial charge in [-0.25, -0.2) is 4.79 Å². The van der Waals surface area contributed by atoms with Crippen molar-refractivity contribution in [2.45, 2.75) is 45.9 Å². The van der Waals surface area contributed by atoms with E-state index in [2.05, 4.69) is 47.3 Å². The van der Waals surface area contributed by atoms with E-state index < -0.39 is 0 Å². The number of carbonyl (C=O) groups excluding carboxylic acids is 1. The van der Waals surface area contributed by atoms with Gasteiger partial charge in [-0.2, -0.15) is 0 Å². The van der Waals surface area contributed by atoms with Crippen molar-refractivity contribution in [1.82, 2.24) is 9.88 Å². The van der Waals surface area contributed by atoms with Gasteiger partial charge in [-0.1, -0.05) is 48.5 Å². The van der Waals surface area contributed by atoms with E-state index in [4.69, 9.17) is 4.74 Å². The van der Waals surface area contributed by atoms with E-state index in [9.17, 15) is 4.79 Å². The summed E-state index contributed by atoms with van der Waals surface area (Å²) in [6.07, 6.45) is 3.66. The van der Waals surface area contributed by atoms with E-state index in [1.54, 1.807) is 0 Å². The van der Waals surface area contributed by atoms with Crippen molar-refractivity contribution in [3.63, 3.8) is 0 Å². The van der Waals surface area contributed by atoms with Crippen LogP contribution in [0.4, 0.5) is 4.79 Å². The fourth-order valence-electron chi connectivity index (χ4n) is 3.19. The molecule has 0 unspecified atom stereocenters. The smallest absolute Gasteiger partial charge is 0.407 e. The second-order valence-corrected chi connectivity index (χ2v) is 6.60. The molecule has 136 valence electrons. The predicted molar refractivity (Wildman–Crippen MR) is 105 cm³/mol. The van der Waals surface area contributed by atoms with Gasteiger partial charge in [0.15, 0.2) is 0 Å². The third-order valence-electron chi connectivity index (χ3n) is 4.64. The lowest BCUT2D eigenvalue weighted by atomic mass is 10.1. The third-order valence-corrected chi connectivity index (χ3v) is 4.64. The summed E-state index contributed by atoms with van der Waals surface area (Å²) in [5.74, 6) is 0. The van der Waals surface area contributed by atoms with Crippen molar-refractivity contribution in [1.29, 1.82) is 0 Å². The molecule has 0 radical (unpaired) electrons. The Kier molecular flexibility index (Phi) is 5.95. The summed E-state index contributed by atoms with van der Waals surface area (Å²) in [6.45, 7) is 5.43. The molecule has 0 bridgehead atoms. The maximum absolute atomic E-state index is 12.0. The van der Waals surface area contributed by atoms with Crippen LogP contribution in [0.15, 0.2) is 60.8 Å². The minimum absolute atomic E-state index is 0.0574. The van der Waals surface area contributed by atoms with E-state index in [0.717, 1.165) is 24.9 Å². The third kappa shape index (κ3) is 4.45. The minimum atomic E-state index is -0.364. The van der Waals surface area contributed by atoms with Gasteiger partial charge in [-0.05, 0) is 43.9 Å². The molecule has 26 heavy (non-hydrogen) atoms. The maximum atomic E-state index is 12.0. The molecule has 1 atom stereocenters. The molecule has 0 aliphatic rings. The lowest BCUT2D eigenvalue weighted by Gasteiger charge is -2.14. The van der Waals surface area contributed by atoms with Crippen LogP contribution < -0.4 is 5.32 Å². The Balaban J connectivity index is 1.51. The topological polar surface area (TPSA) is 43.3 Å². The highest BCUT2D eigenvalue weighted by Gasteiger charge is 2.11. The van der Waals surface area contributed by atoms with Gasteiger partial charge in [0.05, 0.1) is 0 Å². The molecule has 4 nitrogen and oxygen atoms in total. The van der Waals surface area contributed by atoms with Crippen molar-refractivity contribution < 1.29 is 9.53 Å². The zero-order chi connectivity index (χ0) is 18.4. The number of amides is 1. The van der Waals surface area contributed by atoms with Crippen LogP contribution in [-0.4, -0.2) is 16.7 Å². The van der Waals surface area contributed by atoms with Crippen LogP contribution in [0.3, 0.4) is 0 Å². The molecule has 4 heteroatoms. The molecule has 1 heterocycles. The molecule has 0 fully saturated rings. The molecule has 0 aliphatic carbocycles. The number of benzene rings is 2. The molecule has 0 saturated heterocycles. The normalized spacial score (nSPS) is 12.1. The van der Waals surface area contributed by atoms with Gasteiger partial charge in [-0.15, -0.1) is 0 Å². The van der Waals surface area contributed by atoms with E-state index in [1.807, 2.05) is 37.3 Å². The predicted octanol–water partition coefficient (Wildman–Crippen LogP) is 4.91. The first kappa shape index (κ1) is 18.1. The lowest BCUT2D eigenvalue weighted by Crippen LogP contribution is -2.33. The molecule has 1 N–H and O–H groups in total. The second kappa shape index (κ2) is 8.56. The molecule has 1 amide bonds. The van der Waals surface area contributed by atoms with Crippen LogP contribution in [0.2, 0.25) is 0 Å². The van der Waals surface area contributed by atoms with Gasteiger partial charge in [0.25, 0.3) is 0 Å². The monoisotopic (exact) mass is 350 g/mol. The summed E-state index contributed by atoms with van der Waals surface area (Å²) in [5, 5.41) is 4.22. The number of hydrogen-bond acceptors (Lipinski definition) is 2. The number of aryl methyl sites for hydroxylation is 2. The van der Waals surface area contributed by atoms with Gasteiger partial charge in [0, 0.05) is 29.7 Å². The SMILES string of the molecule is CCn1cc(CC[C@@H](C)NC(=O)OCc2ccccc2)c2ccccc21. The first-order valence-electron chi connectivity index (χ1n) is 9.21. The van der Waals surface area contributed by atoms with Gasteiger partial charge < -0.3 is 14.6 Å². The Morgan fingerprint density at radius 2 is 1.85 bits per heavy atom. The van der Waals surface area contributed by atoms with Crippen LogP contribution in [0.1, 0.15) is 31.4 Å². The summed E-state index contributed by atoms with van der Waals surface area (Å²) in [7, 11) is 0. The highest BCUT2D eigenvalue weighted by Crippen LogP contribution is 2.22. The van der Waals surface area contributed by atoms with Gasteiger partial charge in [0.2, 0.25) is 0 Å². The number of ether oxygens (including phenoxy) is 1. The minimum Gasteiger partial charge on any atom is -0.445 e. The van der Waals surface area contributed by atoms with Crippen LogP contribution in [0, 0.1) is 0 Å². The van der Waals surface area contributed by atoms with Crippen molar-refractivity contribution in [2.75, 3.05) is 0 Å². The second-order valence-electron chi connectivity index (χ2n) is 6.60. The number of rotatable bonds is 7. The number of nitrogens with one attached hydrogen (secondary N) is 1. The van der Waals surface area contributed by atoms with Gasteiger partial charge >= 0.3 is 6.09 Å². The summed E-state index contributed by atoms with van der Waals surface area (Å²) < 4.78 is 7.56. The fourth-order valence-corrected chi connectivity index (χ4v) is 3.19. The Labute approximate surface area is 154 Å². The molecule has 0 spiro atoms. The molecular weight excluding hydrogens is 324 g/mol. The highest BCUT2D eigenvalue weighted by atomic mass is 16.5. The van der Waals surface area contributed by atoms with Crippen molar-refractivity contribution in [3.05, 3.63) is 71.9 Å². The number of fused-ring (bicyclic) bond motifs is 1. The van der Waals surface area contributed by atoms with Crippen molar-refractivity contribution in [3.8, 4) is 0 Å². The molecule has 3 aromatic rings. The number of alkyl carbamates (subject to hydrolysis) is 1. The first-order valence-corrected chi connectivity index (χ1v) is 9.21. The zero-order valence-electron chi connectivity index (χ0n) is 15.4. The average Bonchev–Trinajstić information content (AvgIpc) is 3.03. The fraction of sp³-hybridized carbons (Fsp3) is 0.318. The molecule has 1 aromatic heterocycles. The summed E-state index contributed by atoms with van der Waals surface area (Å²) in [6, 6.07) is 18.2. The van der Waals surface area contributed by atoms with Crippen molar-refractivity contribution >= 4 is 17.0 Å². The van der Waals surface area contributed by atoms with Crippen LogP contribution >= 0.6 is 0 Å². The average molecular weight is 350 g/mol. The van der Waals surface area contributed by atoms with E-state index in [1.165, 1.54) is 16.5 Å². The Morgan fingerprint density at radius 1 is 1.12 bits per heavy atom. The van der Waals surface area contributed by atoms with E-state index in [-0.39, 0.29) is 12.1 Å². The highest BCUT2D eigenvalue weighted by molar-refractivity contribution is 5.84. The first-order chi connectivity index (χ1) is 12.7. The van der Waals surface area contributed by atoms with Gasteiger partial charge in [-0.3, -0.25) is 0 Å². The number of carbonyl (C=O) groups is 1. The molecule has 0 saturated carbocycles. The number of aromatic nitrogens is 1. The summed E-state index contributed by atoms with van der Waals surface area (Å²) >= 11 is 0. The lowest BCUT2D eigenvalue weighted by molar-refractivity contribution is 0.136. The molecule has 2 aromatic carbocycles. The maximum Gasteiger partial charge on any atom is 0.407 e. The summed E-state index contributed by atoms with van der Waals surface area (Å²) in [4.78, 5) is 12.0. The van der Waals surface area contributed by atoms with Crippen LogP contribution in [-0.2, 0) is 24.3 Å².